The maximum atomic E-state index is 13.2. The molecule has 0 radical (unpaired) electrons. The molecule has 0 saturated carbocycles. The fourth-order valence-corrected chi connectivity index (χ4v) is 3.61. The number of nitrogens with zero attached hydrogens (tertiary/aromatic N) is 1. The zero-order chi connectivity index (χ0) is 14.7. The lowest BCUT2D eigenvalue weighted by molar-refractivity contribution is -0.140. The van der Waals surface area contributed by atoms with E-state index in [4.69, 9.17) is 0 Å². The van der Waals surface area contributed by atoms with E-state index in [1.807, 2.05) is 23.1 Å². The Hall–Kier alpha value is -1.39. The zero-order valence-electron chi connectivity index (χ0n) is 12.4. The van der Waals surface area contributed by atoms with Crippen LogP contribution in [0, 0.1) is 0 Å². The van der Waals surface area contributed by atoms with E-state index in [0.717, 1.165) is 31.5 Å². The highest BCUT2D eigenvalue weighted by Gasteiger charge is 2.43. The third-order valence-electron chi connectivity index (χ3n) is 4.94. The van der Waals surface area contributed by atoms with Crippen LogP contribution in [0.4, 0.5) is 0 Å². The highest BCUT2D eigenvalue weighted by atomic mass is 16.3. The van der Waals surface area contributed by atoms with Crippen LogP contribution in [-0.2, 0) is 10.2 Å². The molecule has 2 fully saturated rings. The van der Waals surface area contributed by atoms with E-state index in [1.165, 1.54) is 0 Å². The summed E-state index contributed by atoms with van der Waals surface area (Å²) in [6, 6.07) is 10.2. The van der Waals surface area contributed by atoms with E-state index in [0.29, 0.717) is 25.9 Å². The molecular formula is C17H24N2O2. The third kappa shape index (κ3) is 2.83. The Bertz CT molecular complexity index is 475. The molecule has 2 N–H and O–H groups in total. The largest absolute Gasteiger partial charge is 0.393 e. The van der Waals surface area contributed by atoms with Crippen molar-refractivity contribution >= 4 is 5.91 Å². The minimum Gasteiger partial charge on any atom is -0.393 e. The van der Waals surface area contributed by atoms with E-state index in [-0.39, 0.29) is 17.4 Å². The molecule has 3 rings (SSSR count). The Labute approximate surface area is 126 Å². The molecule has 0 bridgehead atoms. The summed E-state index contributed by atoms with van der Waals surface area (Å²) in [4.78, 5) is 15.2. The van der Waals surface area contributed by atoms with E-state index < -0.39 is 0 Å². The molecule has 4 heteroatoms. The Kier molecular flexibility index (Phi) is 4.27. The summed E-state index contributed by atoms with van der Waals surface area (Å²) in [5, 5.41) is 13.0. The molecule has 0 aliphatic carbocycles. The van der Waals surface area contributed by atoms with Crippen molar-refractivity contribution in [3.05, 3.63) is 35.9 Å². The molecule has 114 valence electrons. The number of benzene rings is 1. The number of amides is 1. The highest BCUT2D eigenvalue weighted by molar-refractivity contribution is 5.88. The van der Waals surface area contributed by atoms with Crippen LogP contribution in [0.3, 0.4) is 0 Å². The van der Waals surface area contributed by atoms with Gasteiger partial charge < -0.3 is 15.3 Å². The first-order valence-corrected chi connectivity index (χ1v) is 7.96. The van der Waals surface area contributed by atoms with Crippen molar-refractivity contribution in [2.75, 3.05) is 26.2 Å². The number of rotatable bonds is 2. The standard InChI is InChI=1S/C17H24N2O2/c20-15-6-12-19(13-7-15)16(21)17(8-10-18-11-9-17)14-4-2-1-3-5-14/h1-5,15,18,20H,6-13H2. The van der Waals surface area contributed by atoms with Gasteiger partial charge in [0.15, 0.2) is 0 Å². The fourth-order valence-electron chi connectivity index (χ4n) is 3.61. The quantitative estimate of drug-likeness (QED) is 0.862. The molecule has 21 heavy (non-hydrogen) atoms. The molecule has 4 nitrogen and oxygen atoms in total. The normalized spacial score (nSPS) is 23.0. The number of likely N-dealkylation sites (tertiary alicyclic amines) is 1. The van der Waals surface area contributed by atoms with Crippen LogP contribution < -0.4 is 5.32 Å². The number of piperidine rings is 2. The highest BCUT2D eigenvalue weighted by Crippen LogP contribution is 2.36. The number of carbonyl (C=O) groups excluding carboxylic acids is 1. The second kappa shape index (κ2) is 6.16. The summed E-state index contributed by atoms with van der Waals surface area (Å²) in [6.07, 6.45) is 2.88. The number of aliphatic hydroxyl groups is 1. The van der Waals surface area contributed by atoms with Gasteiger partial charge in [-0.25, -0.2) is 0 Å². The summed E-state index contributed by atoms with van der Waals surface area (Å²) >= 11 is 0. The Balaban J connectivity index is 1.87. The zero-order valence-corrected chi connectivity index (χ0v) is 12.4. The van der Waals surface area contributed by atoms with Gasteiger partial charge in [0, 0.05) is 13.1 Å². The molecule has 1 aromatic rings. The van der Waals surface area contributed by atoms with Crippen molar-refractivity contribution in [2.45, 2.75) is 37.2 Å². The van der Waals surface area contributed by atoms with Gasteiger partial charge in [0.2, 0.25) is 5.91 Å². The fraction of sp³-hybridized carbons (Fsp3) is 0.588. The van der Waals surface area contributed by atoms with Gasteiger partial charge >= 0.3 is 0 Å². The Morgan fingerprint density at radius 1 is 1.14 bits per heavy atom. The second-order valence-corrected chi connectivity index (χ2v) is 6.22. The van der Waals surface area contributed by atoms with Crippen LogP contribution in [0.1, 0.15) is 31.2 Å². The number of nitrogens with one attached hydrogen (secondary N) is 1. The van der Waals surface area contributed by atoms with E-state index >= 15 is 0 Å². The van der Waals surface area contributed by atoms with Gasteiger partial charge in [0.05, 0.1) is 11.5 Å². The van der Waals surface area contributed by atoms with Gasteiger partial charge in [0.25, 0.3) is 0 Å². The molecule has 0 aromatic heterocycles. The second-order valence-electron chi connectivity index (χ2n) is 6.22. The molecule has 0 unspecified atom stereocenters. The topological polar surface area (TPSA) is 52.6 Å². The predicted molar refractivity (Wildman–Crippen MR) is 82.0 cm³/mol. The number of aliphatic hydroxyl groups excluding tert-OH is 1. The average molecular weight is 288 g/mol. The van der Waals surface area contributed by atoms with Crippen LogP contribution in [0.15, 0.2) is 30.3 Å². The lowest BCUT2D eigenvalue weighted by Gasteiger charge is -2.42. The maximum Gasteiger partial charge on any atom is 0.233 e. The molecule has 0 atom stereocenters. The Morgan fingerprint density at radius 2 is 1.76 bits per heavy atom. The predicted octanol–water partition coefficient (Wildman–Crippen LogP) is 1.29. The molecule has 2 aliphatic heterocycles. The van der Waals surface area contributed by atoms with Gasteiger partial charge in [-0.1, -0.05) is 30.3 Å². The number of hydrogen-bond acceptors (Lipinski definition) is 3. The minimum atomic E-state index is -0.380. The monoisotopic (exact) mass is 288 g/mol. The first-order chi connectivity index (χ1) is 10.2. The first-order valence-electron chi connectivity index (χ1n) is 7.96. The van der Waals surface area contributed by atoms with E-state index in [9.17, 15) is 9.90 Å². The number of hydrogen-bond donors (Lipinski definition) is 2. The van der Waals surface area contributed by atoms with Crippen molar-refractivity contribution in [3.8, 4) is 0 Å². The summed E-state index contributed by atoms with van der Waals surface area (Å²) in [7, 11) is 0. The van der Waals surface area contributed by atoms with Crippen LogP contribution in [0.5, 0.6) is 0 Å². The van der Waals surface area contributed by atoms with Crippen molar-refractivity contribution in [3.63, 3.8) is 0 Å². The van der Waals surface area contributed by atoms with Gasteiger partial charge in [-0.3, -0.25) is 4.79 Å². The smallest absolute Gasteiger partial charge is 0.233 e. The lowest BCUT2D eigenvalue weighted by Crippen LogP contribution is -2.54. The van der Waals surface area contributed by atoms with Crippen molar-refractivity contribution in [1.29, 1.82) is 0 Å². The number of carbonyl (C=O) groups is 1. The minimum absolute atomic E-state index is 0.241. The average Bonchev–Trinajstić information content (AvgIpc) is 2.56. The van der Waals surface area contributed by atoms with Crippen LogP contribution >= 0.6 is 0 Å². The summed E-state index contributed by atoms with van der Waals surface area (Å²) in [5.74, 6) is 0.252. The van der Waals surface area contributed by atoms with Gasteiger partial charge in [-0.15, -0.1) is 0 Å². The third-order valence-corrected chi connectivity index (χ3v) is 4.94. The molecule has 1 amide bonds. The SMILES string of the molecule is O=C(N1CCC(O)CC1)C1(c2ccccc2)CCNCC1. The molecule has 2 aliphatic rings. The summed E-state index contributed by atoms with van der Waals surface area (Å²) in [6.45, 7) is 3.14. The molecular weight excluding hydrogens is 264 g/mol. The van der Waals surface area contributed by atoms with E-state index in [1.54, 1.807) is 0 Å². The van der Waals surface area contributed by atoms with Crippen LogP contribution in [-0.4, -0.2) is 48.2 Å². The summed E-state index contributed by atoms with van der Waals surface area (Å²) in [5.41, 5.74) is 0.761. The van der Waals surface area contributed by atoms with Gasteiger partial charge in [-0.2, -0.15) is 0 Å². The molecule has 2 heterocycles. The van der Waals surface area contributed by atoms with Crippen molar-refractivity contribution < 1.29 is 9.90 Å². The Morgan fingerprint density at radius 3 is 2.38 bits per heavy atom. The summed E-state index contributed by atoms with van der Waals surface area (Å²) < 4.78 is 0. The molecule has 2 saturated heterocycles. The van der Waals surface area contributed by atoms with Gasteiger partial charge in [-0.05, 0) is 44.3 Å². The maximum absolute atomic E-state index is 13.2. The van der Waals surface area contributed by atoms with Crippen LogP contribution in [0.25, 0.3) is 0 Å². The molecule has 1 aromatic carbocycles. The van der Waals surface area contributed by atoms with Crippen LogP contribution in [0.2, 0.25) is 0 Å². The van der Waals surface area contributed by atoms with Crippen molar-refractivity contribution in [2.24, 2.45) is 0 Å². The van der Waals surface area contributed by atoms with Gasteiger partial charge in [0.1, 0.15) is 0 Å². The van der Waals surface area contributed by atoms with E-state index in [2.05, 4.69) is 17.4 Å². The lowest BCUT2D eigenvalue weighted by atomic mass is 9.71. The first kappa shape index (κ1) is 14.5. The van der Waals surface area contributed by atoms with Crippen molar-refractivity contribution in [1.82, 2.24) is 10.2 Å². The molecule has 0 spiro atoms.